The molecule has 0 amide bonds. The lowest BCUT2D eigenvalue weighted by atomic mass is 9.98. The summed E-state index contributed by atoms with van der Waals surface area (Å²) in [5.41, 5.74) is 8.19. The number of nitrogens with one attached hydrogen (secondary N) is 1. The Balaban J connectivity index is 1.27. The molecule has 1 fully saturated rings. The van der Waals surface area contributed by atoms with Gasteiger partial charge in [-0.1, -0.05) is 54.6 Å². The van der Waals surface area contributed by atoms with Crippen molar-refractivity contribution in [1.82, 2.24) is 15.0 Å². The van der Waals surface area contributed by atoms with Gasteiger partial charge in [-0.3, -0.25) is 4.57 Å². The fraction of sp³-hybridized carbons (Fsp3) is 0.312. The smallest absolute Gasteiger partial charge is 0.465 e. The normalized spacial score (nSPS) is 19.3. The minimum absolute atomic E-state index is 0.127. The summed E-state index contributed by atoms with van der Waals surface area (Å²) in [6.07, 6.45) is -2.65. The lowest BCUT2D eigenvalue weighted by molar-refractivity contribution is -0.140. The van der Waals surface area contributed by atoms with Gasteiger partial charge in [0, 0.05) is 12.2 Å². The number of cyclic esters (lactones) is 2. The average Bonchev–Trinajstić information content (AvgIpc) is 3.73. The second kappa shape index (κ2) is 12.7. The number of nitrogens with zero attached hydrogens (tertiary/aromatic N) is 3. The van der Waals surface area contributed by atoms with Crippen molar-refractivity contribution >= 4 is 29.0 Å². The van der Waals surface area contributed by atoms with Crippen LogP contribution in [0.5, 0.6) is 6.01 Å². The van der Waals surface area contributed by atoms with Crippen molar-refractivity contribution in [2.24, 2.45) is 4.99 Å². The van der Waals surface area contributed by atoms with Gasteiger partial charge < -0.3 is 23.7 Å². The van der Waals surface area contributed by atoms with Crippen LogP contribution < -0.4 is 10.2 Å². The molecule has 1 saturated heterocycles. The van der Waals surface area contributed by atoms with Crippen molar-refractivity contribution in [1.29, 1.82) is 0 Å². The monoisotopic (exact) mass is 600 g/mol. The summed E-state index contributed by atoms with van der Waals surface area (Å²) in [6, 6.07) is 21.7. The molecular formula is C32H32N4O8. The minimum Gasteiger partial charge on any atom is -0.465 e. The van der Waals surface area contributed by atoms with Crippen molar-refractivity contribution < 1.29 is 38.1 Å². The first-order chi connectivity index (χ1) is 21.4. The van der Waals surface area contributed by atoms with E-state index in [-0.39, 0.29) is 6.61 Å². The maximum Gasteiger partial charge on any atom is 0.509 e. The Bertz CT molecular complexity index is 1700. The molecule has 1 N–H and O–H groups in total. The molecule has 0 bridgehead atoms. The molecule has 0 radical (unpaired) electrons. The number of aromatic nitrogens is 2. The van der Waals surface area contributed by atoms with Crippen LogP contribution in [0.2, 0.25) is 0 Å². The van der Waals surface area contributed by atoms with Crippen LogP contribution in [0, 0.1) is 0 Å². The van der Waals surface area contributed by atoms with E-state index in [0.29, 0.717) is 48.2 Å². The standard InChI is InChI=1S/C32H32N4O8/c1-4-39-30-33-25-12-8-11-24(29(37)41-18-26-19(3)42-32(38)43-26)27(25)36(30)17-20-13-15-21(16-14-20)22-9-6-7-10-23(22)28-34-31(40-5-2)44-35-28/h6-16,19,26,31H,4-5,17-18H2,1-3H3,(H,34,35). The number of benzene rings is 3. The number of imidazole rings is 1. The molecule has 2 aliphatic rings. The van der Waals surface area contributed by atoms with E-state index in [1.807, 2.05) is 73.0 Å². The number of carbonyl (C=O) groups is 2. The molecule has 3 heterocycles. The van der Waals surface area contributed by atoms with Crippen molar-refractivity contribution in [3.63, 3.8) is 0 Å². The average molecular weight is 601 g/mol. The maximum absolute atomic E-state index is 13.3. The molecule has 4 aromatic rings. The minimum atomic E-state index is -0.775. The van der Waals surface area contributed by atoms with Gasteiger partial charge in [-0.05, 0) is 49.6 Å². The summed E-state index contributed by atoms with van der Waals surface area (Å²) in [5.74, 6) is 0.0303. The molecule has 12 nitrogen and oxygen atoms in total. The Kier molecular flexibility index (Phi) is 8.44. The van der Waals surface area contributed by atoms with Crippen molar-refractivity contribution in [2.45, 2.75) is 45.9 Å². The van der Waals surface area contributed by atoms with E-state index in [1.165, 1.54) is 0 Å². The lowest BCUT2D eigenvalue weighted by Crippen LogP contribution is -2.26. The number of fused-ring (bicyclic) bond motifs is 1. The highest BCUT2D eigenvalue weighted by molar-refractivity contribution is 6.04. The third-order valence-electron chi connectivity index (χ3n) is 7.24. The Hall–Kier alpha value is -4.94. The first kappa shape index (κ1) is 29.1. The summed E-state index contributed by atoms with van der Waals surface area (Å²) < 4.78 is 28.8. The number of esters is 1. The topological polar surface area (TPSA) is 132 Å². The number of hydrogen-bond donors (Lipinski definition) is 1. The lowest BCUT2D eigenvalue weighted by Gasteiger charge is -2.14. The van der Waals surface area contributed by atoms with E-state index in [1.54, 1.807) is 19.1 Å². The fourth-order valence-corrected chi connectivity index (χ4v) is 5.11. The van der Waals surface area contributed by atoms with Crippen molar-refractivity contribution in [3.8, 4) is 17.1 Å². The number of ether oxygens (including phenoxy) is 5. The molecule has 0 saturated carbocycles. The molecule has 6 rings (SSSR count). The summed E-state index contributed by atoms with van der Waals surface area (Å²) in [5, 5.41) is 0. The number of hydrogen-bond acceptors (Lipinski definition) is 11. The molecular weight excluding hydrogens is 568 g/mol. The molecule has 0 spiro atoms. The van der Waals surface area contributed by atoms with Gasteiger partial charge in [-0.15, -0.1) is 0 Å². The molecule has 3 unspecified atom stereocenters. The zero-order chi connectivity index (χ0) is 30.6. The quantitative estimate of drug-likeness (QED) is 0.239. The van der Waals surface area contributed by atoms with Crippen LogP contribution in [0.3, 0.4) is 0 Å². The van der Waals surface area contributed by atoms with Gasteiger partial charge in [0.05, 0.1) is 29.7 Å². The largest absolute Gasteiger partial charge is 0.509 e. The van der Waals surface area contributed by atoms with E-state index in [2.05, 4.69) is 15.5 Å². The first-order valence-corrected chi connectivity index (χ1v) is 14.4. The number of rotatable bonds is 11. The van der Waals surface area contributed by atoms with Gasteiger partial charge >= 0.3 is 12.1 Å². The molecule has 2 aliphatic heterocycles. The number of aliphatic imine (C=N–C) groups is 1. The summed E-state index contributed by atoms with van der Waals surface area (Å²) in [6.45, 7) is 6.59. The molecule has 44 heavy (non-hydrogen) atoms. The van der Waals surface area contributed by atoms with Crippen molar-refractivity contribution in [2.75, 3.05) is 19.8 Å². The van der Waals surface area contributed by atoms with Crippen LogP contribution in [0.1, 0.15) is 42.3 Å². The first-order valence-electron chi connectivity index (χ1n) is 14.4. The van der Waals surface area contributed by atoms with Crippen LogP contribution >= 0.6 is 0 Å². The van der Waals surface area contributed by atoms with Crippen LogP contribution in [-0.2, 0) is 30.3 Å². The van der Waals surface area contributed by atoms with E-state index in [0.717, 1.165) is 22.3 Å². The van der Waals surface area contributed by atoms with Crippen molar-refractivity contribution in [3.05, 3.63) is 83.4 Å². The van der Waals surface area contributed by atoms with E-state index in [9.17, 15) is 9.59 Å². The van der Waals surface area contributed by atoms with Gasteiger partial charge in [0.25, 0.3) is 12.4 Å². The maximum atomic E-state index is 13.3. The molecule has 12 heteroatoms. The molecule has 228 valence electrons. The van der Waals surface area contributed by atoms with Gasteiger partial charge in [-0.25, -0.2) is 24.9 Å². The van der Waals surface area contributed by atoms with Crippen LogP contribution in [-0.4, -0.2) is 66.0 Å². The van der Waals surface area contributed by atoms with Crippen LogP contribution in [0.4, 0.5) is 4.79 Å². The SMILES string of the molecule is CCOc1nc2cccc(C(=O)OCC3OC(=O)OC3C)c2n1Cc1ccc(-c2ccccc2C2=NC(OCC)ON2)cc1. The Morgan fingerprint density at radius 1 is 0.977 bits per heavy atom. The predicted molar refractivity (Wildman–Crippen MR) is 159 cm³/mol. The van der Waals surface area contributed by atoms with Gasteiger partial charge in [0.1, 0.15) is 12.7 Å². The second-order valence-corrected chi connectivity index (χ2v) is 10.1. The third kappa shape index (κ3) is 5.94. The zero-order valence-corrected chi connectivity index (χ0v) is 24.5. The predicted octanol–water partition coefficient (Wildman–Crippen LogP) is 4.83. The number of carbonyl (C=O) groups excluding carboxylic acids is 2. The fourth-order valence-electron chi connectivity index (χ4n) is 5.11. The Morgan fingerprint density at radius 2 is 1.77 bits per heavy atom. The van der Waals surface area contributed by atoms with Gasteiger partial charge in [0.15, 0.2) is 11.9 Å². The molecule has 0 aliphatic carbocycles. The van der Waals surface area contributed by atoms with Crippen LogP contribution in [0.15, 0.2) is 71.7 Å². The van der Waals surface area contributed by atoms with E-state index < -0.39 is 30.7 Å². The summed E-state index contributed by atoms with van der Waals surface area (Å²) in [4.78, 5) is 39.2. The van der Waals surface area contributed by atoms with Crippen LogP contribution in [0.25, 0.3) is 22.2 Å². The second-order valence-electron chi connectivity index (χ2n) is 10.1. The van der Waals surface area contributed by atoms with Gasteiger partial charge in [0.2, 0.25) is 0 Å². The summed E-state index contributed by atoms with van der Waals surface area (Å²) >= 11 is 0. The highest BCUT2D eigenvalue weighted by Crippen LogP contribution is 2.29. The molecule has 1 aromatic heterocycles. The van der Waals surface area contributed by atoms with E-state index in [4.69, 9.17) is 28.5 Å². The van der Waals surface area contributed by atoms with E-state index >= 15 is 0 Å². The Labute approximate surface area is 253 Å². The number of amidine groups is 1. The van der Waals surface area contributed by atoms with Gasteiger partial charge in [-0.2, -0.15) is 4.98 Å². The Morgan fingerprint density at radius 3 is 2.50 bits per heavy atom. The molecule has 3 atom stereocenters. The highest BCUT2D eigenvalue weighted by atomic mass is 16.8. The zero-order valence-electron chi connectivity index (χ0n) is 24.5. The number of hydroxylamine groups is 1. The third-order valence-corrected chi connectivity index (χ3v) is 7.24. The summed E-state index contributed by atoms with van der Waals surface area (Å²) in [7, 11) is 0. The highest BCUT2D eigenvalue weighted by Gasteiger charge is 2.34. The molecule has 3 aromatic carbocycles. The number of para-hydroxylation sites is 1.